The molecule has 2 aromatic carbocycles. The van der Waals surface area contributed by atoms with Gasteiger partial charge < -0.3 is 4.90 Å². The van der Waals surface area contributed by atoms with E-state index >= 15 is 0 Å². The lowest BCUT2D eigenvalue weighted by molar-refractivity contribution is 0.384. The highest BCUT2D eigenvalue weighted by atomic mass is 35.5. The molecule has 3 rings (SSSR count). The minimum absolute atomic E-state index is 0.390. The van der Waals surface area contributed by atoms with E-state index < -0.39 is 10.0 Å². The monoisotopic (exact) mass is 398 g/mol. The molecular weight excluding hydrogens is 379 g/mol. The molecule has 4 nitrogen and oxygen atoms in total. The molecule has 0 N–H and O–H groups in total. The van der Waals surface area contributed by atoms with Gasteiger partial charge in [-0.3, -0.25) is 0 Å². The molecule has 0 bridgehead atoms. The van der Waals surface area contributed by atoms with Crippen molar-refractivity contribution < 1.29 is 8.42 Å². The molecule has 1 saturated heterocycles. The highest BCUT2D eigenvalue weighted by molar-refractivity contribution is 7.89. The molecule has 1 aliphatic rings. The summed E-state index contributed by atoms with van der Waals surface area (Å²) in [7, 11) is -3.49. The van der Waals surface area contributed by atoms with Crippen LogP contribution >= 0.6 is 23.2 Å². The fourth-order valence-corrected chi connectivity index (χ4v) is 5.18. The van der Waals surface area contributed by atoms with Crippen molar-refractivity contribution in [3.63, 3.8) is 0 Å². The van der Waals surface area contributed by atoms with Gasteiger partial charge in [-0.1, -0.05) is 41.4 Å². The number of nitrogens with zero attached hydrogens (tertiary/aromatic N) is 2. The van der Waals surface area contributed by atoms with Crippen molar-refractivity contribution in [2.24, 2.45) is 0 Å². The number of sulfonamides is 1. The van der Waals surface area contributed by atoms with Crippen molar-refractivity contribution in [1.82, 2.24) is 4.31 Å². The summed E-state index contributed by atoms with van der Waals surface area (Å²) in [4.78, 5) is 2.46. The van der Waals surface area contributed by atoms with Gasteiger partial charge in [-0.05, 0) is 43.2 Å². The van der Waals surface area contributed by atoms with E-state index in [1.54, 1.807) is 16.4 Å². The molecule has 25 heavy (non-hydrogen) atoms. The van der Waals surface area contributed by atoms with Crippen LogP contribution in [0.5, 0.6) is 0 Å². The second kappa shape index (κ2) is 7.16. The van der Waals surface area contributed by atoms with E-state index in [4.69, 9.17) is 23.2 Å². The lowest BCUT2D eigenvalue weighted by Crippen LogP contribution is -2.48. The first-order valence-corrected chi connectivity index (χ1v) is 10.3. The maximum absolute atomic E-state index is 13.0. The van der Waals surface area contributed by atoms with Crippen LogP contribution in [0, 0.1) is 13.8 Å². The third-order valence-corrected chi connectivity index (χ3v) is 7.32. The summed E-state index contributed by atoms with van der Waals surface area (Å²) in [5.74, 6) is 0. The first-order valence-electron chi connectivity index (χ1n) is 8.07. The van der Waals surface area contributed by atoms with Crippen molar-refractivity contribution >= 4 is 38.9 Å². The molecule has 7 heteroatoms. The zero-order chi connectivity index (χ0) is 18.2. The average Bonchev–Trinajstić information content (AvgIpc) is 2.59. The quantitative estimate of drug-likeness (QED) is 0.780. The van der Waals surface area contributed by atoms with E-state index in [1.165, 1.54) is 0 Å². The summed E-state index contributed by atoms with van der Waals surface area (Å²) in [5.41, 5.74) is 2.55. The molecule has 0 unspecified atom stereocenters. The van der Waals surface area contributed by atoms with Gasteiger partial charge in [-0.2, -0.15) is 4.31 Å². The Morgan fingerprint density at radius 1 is 0.960 bits per heavy atom. The number of rotatable bonds is 3. The Bertz CT molecular complexity index is 892. The molecule has 1 fully saturated rings. The molecule has 1 aliphatic heterocycles. The zero-order valence-electron chi connectivity index (χ0n) is 14.2. The summed E-state index contributed by atoms with van der Waals surface area (Å²) < 4.78 is 27.5. The molecular formula is C18H20Cl2N2O2S. The highest BCUT2D eigenvalue weighted by Crippen LogP contribution is 2.33. The topological polar surface area (TPSA) is 40.6 Å². The Morgan fingerprint density at radius 3 is 2.32 bits per heavy atom. The molecule has 0 aliphatic carbocycles. The summed E-state index contributed by atoms with van der Waals surface area (Å²) in [6.45, 7) is 5.71. The van der Waals surface area contributed by atoms with Gasteiger partial charge in [0, 0.05) is 26.2 Å². The van der Waals surface area contributed by atoms with Crippen molar-refractivity contribution in [2.75, 3.05) is 31.1 Å². The van der Waals surface area contributed by atoms with Crippen LogP contribution < -0.4 is 4.90 Å². The normalized spacial score (nSPS) is 16.2. The molecule has 1 heterocycles. The van der Waals surface area contributed by atoms with E-state index in [1.807, 2.05) is 38.1 Å². The number of hydrogen-bond donors (Lipinski definition) is 0. The number of piperazine rings is 1. The first-order chi connectivity index (χ1) is 11.8. The van der Waals surface area contributed by atoms with E-state index in [0.29, 0.717) is 41.1 Å². The van der Waals surface area contributed by atoms with Gasteiger partial charge in [-0.25, -0.2) is 8.42 Å². The Labute approximate surface area is 159 Å². The van der Waals surface area contributed by atoms with Crippen molar-refractivity contribution in [2.45, 2.75) is 18.7 Å². The molecule has 0 atom stereocenters. The largest absolute Gasteiger partial charge is 0.368 e. The molecule has 0 amide bonds. The predicted molar refractivity (Wildman–Crippen MR) is 103 cm³/mol. The Morgan fingerprint density at radius 2 is 1.64 bits per heavy atom. The SMILES string of the molecule is Cc1ccc(C)c(S(=O)(=O)N2CCN(c3cccc(Cl)c3Cl)CC2)c1. The summed E-state index contributed by atoms with van der Waals surface area (Å²) in [5, 5.41) is 1.01. The van der Waals surface area contributed by atoms with Gasteiger partial charge in [0.1, 0.15) is 0 Å². The molecule has 0 radical (unpaired) electrons. The lowest BCUT2D eigenvalue weighted by Gasteiger charge is -2.36. The summed E-state index contributed by atoms with van der Waals surface area (Å²) >= 11 is 12.4. The molecule has 2 aromatic rings. The van der Waals surface area contributed by atoms with Crippen molar-refractivity contribution in [3.8, 4) is 0 Å². The fourth-order valence-electron chi connectivity index (χ4n) is 3.03. The van der Waals surface area contributed by atoms with Crippen molar-refractivity contribution in [1.29, 1.82) is 0 Å². The van der Waals surface area contributed by atoms with E-state index in [9.17, 15) is 8.42 Å². The molecule has 0 aromatic heterocycles. The average molecular weight is 399 g/mol. The number of aryl methyl sites for hydroxylation is 2. The second-order valence-corrected chi connectivity index (χ2v) is 8.92. The maximum Gasteiger partial charge on any atom is 0.243 e. The zero-order valence-corrected chi connectivity index (χ0v) is 16.5. The number of halogens is 2. The van der Waals surface area contributed by atoms with Gasteiger partial charge in [0.15, 0.2) is 0 Å². The van der Waals surface area contributed by atoms with Crippen LogP contribution in [0.3, 0.4) is 0 Å². The first kappa shape index (κ1) is 18.5. The minimum Gasteiger partial charge on any atom is -0.368 e. The Kier molecular flexibility index (Phi) is 5.30. The van der Waals surface area contributed by atoms with Crippen LogP contribution in [0.1, 0.15) is 11.1 Å². The standard InChI is InChI=1S/C18H20Cl2N2O2S/c1-13-6-7-14(2)17(12-13)25(23,24)22-10-8-21(9-11-22)16-5-3-4-15(19)18(16)20/h3-7,12H,8-11H2,1-2H3. The van der Waals surface area contributed by atoms with Crippen LogP contribution in [0.2, 0.25) is 10.0 Å². The molecule has 0 saturated carbocycles. The minimum atomic E-state index is -3.49. The van der Waals surface area contributed by atoms with Crippen molar-refractivity contribution in [3.05, 3.63) is 57.6 Å². The van der Waals surface area contributed by atoms with E-state index in [0.717, 1.165) is 16.8 Å². The Balaban J connectivity index is 1.80. The summed E-state index contributed by atoms with van der Waals surface area (Å²) in [6.07, 6.45) is 0. The Hall–Kier alpha value is -1.27. The third kappa shape index (κ3) is 3.65. The number of anilines is 1. The third-order valence-electron chi connectivity index (χ3n) is 4.47. The van der Waals surface area contributed by atoms with Crippen LogP contribution in [0.4, 0.5) is 5.69 Å². The van der Waals surface area contributed by atoms with Crippen LogP contribution in [-0.4, -0.2) is 38.9 Å². The van der Waals surface area contributed by atoms with Gasteiger partial charge in [0.05, 0.1) is 20.6 Å². The van der Waals surface area contributed by atoms with E-state index in [2.05, 4.69) is 4.90 Å². The lowest BCUT2D eigenvalue weighted by atomic mass is 10.2. The van der Waals surface area contributed by atoms with Gasteiger partial charge in [-0.15, -0.1) is 0 Å². The smallest absolute Gasteiger partial charge is 0.243 e. The number of hydrogen-bond acceptors (Lipinski definition) is 3. The summed E-state index contributed by atoms with van der Waals surface area (Å²) in [6, 6.07) is 11.0. The second-order valence-electron chi connectivity index (χ2n) is 6.23. The molecule has 134 valence electrons. The van der Waals surface area contributed by atoms with Gasteiger partial charge >= 0.3 is 0 Å². The highest BCUT2D eigenvalue weighted by Gasteiger charge is 2.30. The fraction of sp³-hybridized carbons (Fsp3) is 0.333. The molecule has 0 spiro atoms. The maximum atomic E-state index is 13.0. The van der Waals surface area contributed by atoms with Crippen LogP contribution in [0.15, 0.2) is 41.3 Å². The van der Waals surface area contributed by atoms with Crippen LogP contribution in [-0.2, 0) is 10.0 Å². The van der Waals surface area contributed by atoms with E-state index in [-0.39, 0.29) is 0 Å². The van der Waals surface area contributed by atoms with Crippen LogP contribution in [0.25, 0.3) is 0 Å². The number of benzene rings is 2. The van der Waals surface area contributed by atoms with Gasteiger partial charge in [0.25, 0.3) is 0 Å². The predicted octanol–water partition coefficient (Wildman–Crippen LogP) is 4.12. The van der Waals surface area contributed by atoms with Gasteiger partial charge in [0.2, 0.25) is 10.0 Å².